The molecule has 0 aliphatic heterocycles. The number of nitrogens with one attached hydrogen (secondary N) is 1. The van der Waals surface area contributed by atoms with E-state index in [-0.39, 0.29) is 6.04 Å². The Morgan fingerprint density at radius 3 is 2.48 bits per heavy atom. The number of rotatable bonds is 5. The molecule has 0 amide bonds. The van der Waals surface area contributed by atoms with Crippen molar-refractivity contribution in [2.24, 2.45) is 5.84 Å². The first-order chi connectivity index (χ1) is 10.1. The maximum atomic E-state index is 6.35. The molecule has 0 bridgehead atoms. The Balaban J connectivity index is 2.49. The van der Waals surface area contributed by atoms with Crippen molar-refractivity contribution in [2.45, 2.75) is 6.04 Å². The number of benzene rings is 2. The zero-order valence-corrected chi connectivity index (χ0v) is 14.0. The Kier molecular flexibility index (Phi) is 5.47. The van der Waals surface area contributed by atoms with Crippen LogP contribution in [-0.2, 0) is 0 Å². The van der Waals surface area contributed by atoms with Crippen LogP contribution in [0.5, 0.6) is 11.5 Å². The van der Waals surface area contributed by atoms with E-state index < -0.39 is 0 Å². The van der Waals surface area contributed by atoms with Crippen LogP contribution < -0.4 is 20.7 Å². The Morgan fingerprint density at radius 1 is 1.14 bits per heavy atom. The van der Waals surface area contributed by atoms with Crippen molar-refractivity contribution in [2.75, 3.05) is 14.2 Å². The van der Waals surface area contributed by atoms with E-state index in [1.54, 1.807) is 14.2 Å². The molecule has 0 saturated heterocycles. The highest BCUT2D eigenvalue weighted by atomic mass is 79.9. The number of hydrazine groups is 1. The molecule has 0 spiro atoms. The monoisotopic (exact) mass is 370 g/mol. The average molecular weight is 372 g/mol. The largest absolute Gasteiger partial charge is 0.493 e. The second-order valence-electron chi connectivity index (χ2n) is 4.36. The maximum absolute atomic E-state index is 6.35. The molecule has 0 aliphatic rings. The van der Waals surface area contributed by atoms with E-state index >= 15 is 0 Å². The molecule has 1 atom stereocenters. The van der Waals surface area contributed by atoms with Gasteiger partial charge in [-0.15, -0.1) is 0 Å². The normalized spacial score (nSPS) is 12.0. The second-order valence-corrected chi connectivity index (χ2v) is 5.59. The molecule has 2 aromatic rings. The standard InChI is InChI=1S/C15H16BrClN2O2/c1-20-12-7-6-9(8-13(12)21-2)15(19-18)10-4-3-5-11(16)14(10)17/h3-8,15,19H,18H2,1-2H3. The first-order valence-electron chi connectivity index (χ1n) is 6.24. The molecule has 2 rings (SSSR count). The van der Waals surface area contributed by atoms with E-state index in [9.17, 15) is 0 Å². The van der Waals surface area contributed by atoms with Gasteiger partial charge >= 0.3 is 0 Å². The lowest BCUT2D eigenvalue weighted by atomic mass is 9.99. The molecule has 0 saturated carbocycles. The summed E-state index contributed by atoms with van der Waals surface area (Å²) in [6, 6.07) is 11.1. The third kappa shape index (κ3) is 3.32. The fourth-order valence-corrected chi connectivity index (χ4v) is 2.76. The van der Waals surface area contributed by atoms with E-state index in [1.807, 2.05) is 36.4 Å². The summed E-state index contributed by atoms with van der Waals surface area (Å²) in [6.07, 6.45) is 0. The molecule has 0 fully saturated rings. The van der Waals surface area contributed by atoms with Crippen LogP contribution in [0.3, 0.4) is 0 Å². The van der Waals surface area contributed by atoms with Crippen molar-refractivity contribution in [3.05, 3.63) is 57.0 Å². The Bertz CT molecular complexity index is 637. The van der Waals surface area contributed by atoms with Gasteiger partial charge in [-0.1, -0.05) is 29.8 Å². The van der Waals surface area contributed by atoms with Gasteiger partial charge in [0.15, 0.2) is 11.5 Å². The number of methoxy groups -OCH3 is 2. The average Bonchev–Trinajstić information content (AvgIpc) is 2.51. The van der Waals surface area contributed by atoms with Crippen molar-refractivity contribution in [1.29, 1.82) is 0 Å². The van der Waals surface area contributed by atoms with Crippen molar-refractivity contribution in [1.82, 2.24) is 5.43 Å². The molecule has 21 heavy (non-hydrogen) atoms. The van der Waals surface area contributed by atoms with Crippen LogP contribution in [0.2, 0.25) is 5.02 Å². The number of nitrogens with two attached hydrogens (primary N) is 1. The van der Waals surface area contributed by atoms with Crippen LogP contribution in [-0.4, -0.2) is 14.2 Å². The third-order valence-corrected chi connectivity index (χ3v) is 4.51. The zero-order valence-electron chi connectivity index (χ0n) is 11.7. The van der Waals surface area contributed by atoms with Crippen molar-refractivity contribution in [3.63, 3.8) is 0 Å². The quantitative estimate of drug-likeness (QED) is 0.622. The molecule has 0 aliphatic carbocycles. The molecule has 1 unspecified atom stereocenters. The molecule has 6 heteroatoms. The zero-order chi connectivity index (χ0) is 15.4. The molecule has 2 aromatic carbocycles. The van der Waals surface area contributed by atoms with E-state index in [2.05, 4.69) is 21.4 Å². The fourth-order valence-electron chi connectivity index (χ4n) is 2.14. The molecule has 0 aromatic heterocycles. The number of hydrogen-bond donors (Lipinski definition) is 2. The molecule has 112 valence electrons. The van der Waals surface area contributed by atoms with Gasteiger partial charge in [0.2, 0.25) is 0 Å². The lowest BCUT2D eigenvalue weighted by molar-refractivity contribution is 0.354. The second kappa shape index (κ2) is 7.13. The van der Waals surface area contributed by atoms with Crippen molar-refractivity contribution >= 4 is 27.5 Å². The van der Waals surface area contributed by atoms with Crippen LogP contribution >= 0.6 is 27.5 Å². The van der Waals surface area contributed by atoms with E-state index in [1.165, 1.54) is 0 Å². The van der Waals surface area contributed by atoms with Gasteiger partial charge in [0.1, 0.15) is 0 Å². The van der Waals surface area contributed by atoms with Crippen molar-refractivity contribution in [3.8, 4) is 11.5 Å². The summed E-state index contributed by atoms with van der Waals surface area (Å²) in [7, 11) is 3.19. The highest BCUT2D eigenvalue weighted by Crippen LogP contribution is 2.36. The molecule has 0 heterocycles. The third-order valence-electron chi connectivity index (χ3n) is 3.20. The van der Waals surface area contributed by atoms with Crippen LogP contribution in [0.4, 0.5) is 0 Å². The molecule has 0 radical (unpaired) electrons. The van der Waals surface area contributed by atoms with E-state index in [4.69, 9.17) is 26.9 Å². The summed E-state index contributed by atoms with van der Waals surface area (Å²) in [4.78, 5) is 0. The van der Waals surface area contributed by atoms with Gasteiger partial charge in [-0.3, -0.25) is 5.84 Å². The number of halogens is 2. The smallest absolute Gasteiger partial charge is 0.161 e. The minimum absolute atomic E-state index is 0.255. The maximum Gasteiger partial charge on any atom is 0.161 e. The summed E-state index contributed by atoms with van der Waals surface area (Å²) in [6.45, 7) is 0. The van der Waals surface area contributed by atoms with Gasteiger partial charge in [-0.05, 0) is 45.3 Å². The first-order valence-corrected chi connectivity index (χ1v) is 7.41. The summed E-state index contributed by atoms with van der Waals surface area (Å²) in [5.41, 5.74) is 4.59. The van der Waals surface area contributed by atoms with Gasteiger partial charge < -0.3 is 9.47 Å². The number of hydrogen-bond acceptors (Lipinski definition) is 4. The fraction of sp³-hybridized carbons (Fsp3) is 0.200. The van der Waals surface area contributed by atoms with Crippen LogP contribution in [0.15, 0.2) is 40.9 Å². The highest BCUT2D eigenvalue weighted by Gasteiger charge is 2.18. The van der Waals surface area contributed by atoms with Gasteiger partial charge in [0.05, 0.1) is 25.3 Å². The number of ether oxygens (including phenoxy) is 2. The lowest BCUT2D eigenvalue weighted by Gasteiger charge is -2.20. The minimum atomic E-state index is -0.255. The van der Waals surface area contributed by atoms with Crippen LogP contribution in [0.25, 0.3) is 0 Å². The summed E-state index contributed by atoms with van der Waals surface area (Å²) in [5.74, 6) is 7.03. The summed E-state index contributed by atoms with van der Waals surface area (Å²) < 4.78 is 11.4. The van der Waals surface area contributed by atoms with E-state index in [0.29, 0.717) is 16.5 Å². The summed E-state index contributed by atoms with van der Waals surface area (Å²) >= 11 is 9.77. The Labute approximate surface area is 137 Å². The predicted octanol–water partition coefficient (Wildman–Crippen LogP) is 3.67. The van der Waals surface area contributed by atoms with Gasteiger partial charge in [-0.2, -0.15) is 0 Å². The first kappa shape index (κ1) is 16.1. The highest BCUT2D eigenvalue weighted by molar-refractivity contribution is 9.10. The molecular weight excluding hydrogens is 356 g/mol. The van der Waals surface area contributed by atoms with Gasteiger partial charge in [0.25, 0.3) is 0 Å². The molecule has 3 N–H and O–H groups in total. The van der Waals surface area contributed by atoms with Crippen LogP contribution in [0.1, 0.15) is 17.2 Å². The van der Waals surface area contributed by atoms with Gasteiger partial charge in [-0.25, -0.2) is 5.43 Å². The minimum Gasteiger partial charge on any atom is -0.493 e. The predicted molar refractivity (Wildman–Crippen MR) is 87.9 cm³/mol. The van der Waals surface area contributed by atoms with E-state index in [0.717, 1.165) is 15.6 Å². The Morgan fingerprint density at radius 2 is 1.86 bits per heavy atom. The Hall–Kier alpha value is -1.27. The molecular formula is C15H16BrClN2O2. The summed E-state index contributed by atoms with van der Waals surface area (Å²) in [5, 5.41) is 0.621. The van der Waals surface area contributed by atoms with Gasteiger partial charge in [0, 0.05) is 4.47 Å². The molecule has 4 nitrogen and oxygen atoms in total. The SMILES string of the molecule is COc1ccc(C(NN)c2cccc(Br)c2Cl)cc1OC. The van der Waals surface area contributed by atoms with Crippen molar-refractivity contribution < 1.29 is 9.47 Å². The van der Waals surface area contributed by atoms with Crippen LogP contribution in [0, 0.1) is 0 Å². The topological polar surface area (TPSA) is 56.5 Å². The lowest BCUT2D eigenvalue weighted by Crippen LogP contribution is -2.29.